The number of fused-ring (bicyclic) bond motifs is 1. The minimum absolute atomic E-state index is 0.235. The molecule has 1 fully saturated rings. The topological polar surface area (TPSA) is 74.7 Å². The molecule has 2 N–H and O–H groups in total. The van der Waals surface area contributed by atoms with Crippen LogP contribution in [0.4, 0.5) is 5.82 Å². The summed E-state index contributed by atoms with van der Waals surface area (Å²) in [7, 11) is 2.75. The molecule has 164 valence electrons. The Hall–Kier alpha value is -2.95. The van der Waals surface area contributed by atoms with E-state index in [4.69, 9.17) is 20.2 Å². The van der Waals surface area contributed by atoms with Gasteiger partial charge in [-0.05, 0) is 62.6 Å². The molecule has 2 aromatic carbocycles. The third-order valence-electron chi connectivity index (χ3n) is 6.12. The van der Waals surface area contributed by atoms with Crippen LogP contribution in [-0.2, 0) is 4.74 Å². The Morgan fingerprint density at radius 1 is 1.16 bits per heavy atom. The monoisotopic (exact) mass is 446 g/mol. The van der Waals surface area contributed by atoms with Crippen molar-refractivity contribution in [1.29, 1.82) is 0 Å². The van der Waals surface area contributed by atoms with Gasteiger partial charge in [0.25, 0.3) is 0 Å². The Balaban J connectivity index is 1.50. The summed E-state index contributed by atoms with van der Waals surface area (Å²) < 4.78 is 14.1. The van der Waals surface area contributed by atoms with E-state index in [9.17, 15) is 0 Å². The minimum atomic E-state index is 0.235. The zero-order chi connectivity index (χ0) is 22.2. The molecule has 3 atom stereocenters. The van der Waals surface area contributed by atoms with E-state index in [1.807, 2.05) is 42.6 Å². The lowest BCUT2D eigenvalue weighted by atomic mass is 9.98. The van der Waals surface area contributed by atoms with Crippen molar-refractivity contribution in [2.45, 2.75) is 38.7 Å². The number of nitrogen functional groups attached to an aromatic ring is 1. The van der Waals surface area contributed by atoms with Crippen LogP contribution in [0.3, 0.4) is 0 Å². The molecule has 5 rings (SSSR count). The Labute approximate surface area is 190 Å². The van der Waals surface area contributed by atoms with Gasteiger partial charge < -0.3 is 15.2 Å². The van der Waals surface area contributed by atoms with Gasteiger partial charge in [0.05, 0.1) is 12.7 Å². The van der Waals surface area contributed by atoms with E-state index in [0.717, 1.165) is 52.2 Å². The molecule has 4 aromatic rings. The second-order valence-electron chi connectivity index (χ2n) is 8.38. The number of benzene rings is 2. The lowest BCUT2D eigenvalue weighted by molar-refractivity contribution is 0.0137. The minimum Gasteiger partial charge on any atom is -0.457 e. The maximum Gasteiger partial charge on any atom is 0.150 e. The molecular formula is C25H27N4O2P. The van der Waals surface area contributed by atoms with Gasteiger partial charge in [0, 0.05) is 29.2 Å². The number of nitrogens with zero attached hydrogens (tertiary/aromatic N) is 3. The van der Waals surface area contributed by atoms with Gasteiger partial charge >= 0.3 is 0 Å². The number of anilines is 1. The number of ether oxygens (including phenoxy) is 2. The average Bonchev–Trinajstić information content (AvgIpc) is 3.19. The maximum atomic E-state index is 6.29. The van der Waals surface area contributed by atoms with E-state index in [1.165, 1.54) is 5.56 Å². The van der Waals surface area contributed by atoms with Crippen LogP contribution in [0.2, 0.25) is 0 Å². The van der Waals surface area contributed by atoms with E-state index < -0.39 is 0 Å². The molecule has 1 aliphatic rings. The van der Waals surface area contributed by atoms with Crippen molar-refractivity contribution in [3.63, 3.8) is 0 Å². The molecule has 0 bridgehead atoms. The van der Waals surface area contributed by atoms with Crippen LogP contribution in [0, 0.1) is 6.92 Å². The van der Waals surface area contributed by atoms with Crippen LogP contribution in [0.1, 0.15) is 37.1 Å². The molecule has 6 nitrogen and oxygen atoms in total. The van der Waals surface area contributed by atoms with Crippen LogP contribution in [0.5, 0.6) is 11.5 Å². The molecule has 7 heteroatoms. The summed E-state index contributed by atoms with van der Waals surface area (Å²) in [6.07, 6.45) is 6.03. The van der Waals surface area contributed by atoms with Crippen LogP contribution >= 0.6 is 9.24 Å². The number of hydrogen-bond acceptors (Lipinski definition) is 5. The zero-order valence-electron chi connectivity index (χ0n) is 18.3. The molecule has 1 saturated heterocycles. The van der Waals surface area contributed by atoms with E-state index in [-0.39, 0.29) is 5.92 Å². The fourth-order valence-electron chi connectivity index (χ4n) is 4.21. The van der Waals surface area contributed by atoms with Gasteiger partial charge in [0.15, 0.2) is 0 Å². The van der Waals surface area contributed by atoms with Crippen molar-refractivity contribution in [2.24, 2.45) is 0 Å². The summed E-state index contributed by atoms with van der Waals surface area (Å²) in [5, 5.41) is 1.06. The number of aromatic nitrogens is 3. The van der Waals surface area contributed by atoms with Crippen molar-refractivity contribution < 1.29 is 9.47 Å². The molecule has 3 unspecified atom stereocenters. The molecule has 2 aromatic heterocycles. The van der Waals surface area contributed by atoms with E-state index in [0.29, 0.717) is 18.5 Å². The van der Waals surface area contributed by atoms with Crippen molar-refractivity contribution in [2.75, 3.05) is 12.3 Å². The molecule has 1 aliphatic heterocycles. The van der Waals surface area contributed by atoms with Gasteiger partial charge in [0.2, 0.25) is 0 Å². The number of hydrogen-bond donors (Lipinski definition) is 1. The first-order valence-corrected chi connectivity index (χ1v) is 11.5. The SMILES string of the molecule is Cc1cccc(Oc2ccc(-c3nc(C4CCC(C)OC4)n4ccnc(N)c34)cc2)c1P. The van der Waals surface area contributed by atoms with Crippen molar-refractivity contribution in [3.05, 3.63) is 66.2 Å². The molecule has 0 radical (unpaired) electrons. The molecule has 0 aliphatic carbocycles. The number of aryl methyl sites for hydroxylation is 1. The van der Waals surface area contributed by atoms with E-state index in [1.54, 1.807) is 6.20 Å². The number of rotatable bonds is 4. The predicted molar refractivity (Wildman–Crippen MR) is 131 cm³/mol. The fourth-order valence-corrected chi connectivity index (χ4v) is 4.46. The number of imidazole rings is 1. The summed E-state index contributed by atoms with van der Waals surface area (Å²) in [6.45, 7) is 4.85. The van der Waals surface area contributed by atoms with Gasteiger partial charge in [-0.25, -0.2) is 9.97 Å². The van der Waals surface area contributed by atoms with Gasteiger partial charge in [-0.2, -0.15) is 0 Å². The lowest BCUT2D eigenvalue weighted by Gasteiger charge is -2.25. The van der Waals surface area contributed by atoms with Crippen LogP contribution in [0.25, 0.3) is 16.8 Å². The molecule has 0 spiro atoms. The smallest absolute Gasteiger partial charge is 0.150 e. The van der Waals surface area contributed by atoms with Gasteiger partial charge in [0.1, 0.15) is 34.4 Å². The van der Waals surface area contributed by atoms with Crippen molar-refractivity contribution in [3.8, 4) is 22.8 Å². The Bertz CT molecular complexity index is 1260. The molecule has 0 saturated carbocycles. The molecular weight excluding hydrogens is 419 g/mol. The average molecular weight is 446 g/mol. The summed E-state index contributed by atoms with van der Waals surface area (Å²) in [5.41, 5.74) is 10.1. The van der Waals surface area contributed by atoms with E-state index >= 15 is 0 Å². The quantitative estimate of drug-likeness (QED) is 0.453. The highest BCUT2D eigenvalue weighted by Crippen LogP contribution is 2.35. The highest BCUT2D eigenvalue weighted by atomic mass is 31.0. The van der Waals surface area contributed by atoms with Crippen LogP contribution < -0.4 is 15.8 Å². The Morgan fingerprint density at radius 3 is 2.72 bits per heavy atom. The summed E-state index contributed by atoms with van der Waals surface area (Å²) in [4.78, 5) is 9.34. The molecule has 32 heavy (non-hydrogen) atoms. The highest BCUT2D eigenvalue weighted by Gasteiger charge is 2.26. The largest absolute Gasteiger partial charge is 0.457 e. The number of nitrogens with two attached hydrogens (primary N) is 1. The van der Waals surface area contributed by atoms with Crippen LogP contribution in [-0.4, -0.2) is 27.1 Å². The van der Waals surface area contributed by atoms with Crippen molar-refractivity contribution in [1.82, 2.24) is 14.4 Å². The normalized spacial score (nSPS) is 18.7. The summed E-state index contributed by atoms with van der Waals surface area (Å²) in [6, 6.07) is 14.0. The zero-order valence-corrected chi connectivity index (χ0v) is 19.4. The van der Waals surface area contributed by atoms with Gasteiger partial charge in [-0.15, -0.1) is 9.24 Å². The Morgan fingerprint density at radius 2 is 1.97 bits per heavy atom. The lowest BCUT2D eigenvalue weighted by Crippen LogP contribution is -2.23. The third kappa shape index (κ3) is 3.85. The highest BCUT2D eigenvalue weighted by molar-refractivity contribution is 7.28. The molecule has 0 amide bonds. The first-order chi connectivity index (χ1) is 15.5. The second kappa shape index (κ2) is 8.53. The van der Waals surface area contributed by atoms with Crippen LogP contribution in [0.15, 0.2) is 54.9 Å². The second-order valence-corrected chi connectivity index (χ2v) is 8.96. The first-order valence-electron chi connectivity index (χ1n) is 10.9. The molecule has 3 heterocycles. The predicted octanol–water partition coefficient (Wildman–Crippen LogP) is 4.86. The third-order valence-corrected chi connectivity index (χ3v) is 6.86. The standard InChI is InChI=1S/C25H27N4O2P/c1-15-4-3-5-20(23(15)32)31-19-10-8-17(9-11-19)21-22-24(26)27-12-13-29(22)25(28-21)18-7-6-16(2)30-14-18/h3-5,8-13,16,18H,6-7,14,32H2,1-2H3,(H2,26,27). The van der Waals surface area contributed by atoms with E-state index in [2.05, 4.69) is 38.5 Å². The first kappa shape index (κ1) is 20.9. The van der Waals surface area contributed by atoms with Crippen molar-refractivity contribution >= 4 is 25.9 Å². The van der Waals surface area contributed by atoms with Gasteiger partial charge in [-0.1, -0.05) is 12.1 Å². The Kier molecular flexibility index (Phi) is 5.58. The fraction of sp³-hybridized carbons (Fsp3) is 0.280. The van der Waals surface area contributed by atoms with Gasteiger partial charge in [-0.3, -0.25) is 4.40 Å². The maximum absolute atomic E-state index is 6.29. The summed E-state index contributed by atoms with van der Waals surface area (Å²) >= 11 is 0. The summed E-state index contributed by atoms with van der Waals surface area (Å²) in [5.74, 6) is 3.28.